The Hall–Kier alpha value is -2.22. The van der Waals surface area contributed by atoms with Crippen molar-refractivity contribution in [2.24, 2.45) is 11.8 Å². The maximum absolute atomic E-state index is 13.2. The molecule has 1 aliphatic heterocycles. The number of methoxy groups -OCH3 is 1. The van der Waals surface area contributed by atoms with Gasteiger partial charge in [0.25, 0.3) is 0 Å². The first-order valence-corrected chi connectivity index (χ1v) is 11.7. The number of carbonyl (C=O) groups excluding carboxylic acids is 1. The van der Waals surface area contributed by atoms with Crippen LogP contribution in [0.25, 0.3) is 0 Å². The van der Waals surface area contributed by atoms with Crippen molar-refractivity contribution in [1.29, 1.82) is 0 Å². The maximum Gasteiger partial charge on any atom is 0.243 e. The summed E-state index contributed by atoms with van der Waals surface area (Å²) in [5.74, 6) is 0.497. The standard InChI is InChI=1S/C23H27NO5S/c1-16(25)17-8-10-21(11-9-17)30(27,28)24-14-18-5-4-12-23(26,22(18)15-24)19-6-3-7-20(13-19)29-2/h3,6-11,13,18,22,26H,4-5,12,14-15H2,1-2H3/t18-,22-,23-/m1/s1. The normalized spacial score (nSPS) is 26.9. The fraction of sp³-hybridized carbons (Fsp3) is 0.435. The van der Waals surface area contributed by atoms with E-state index in [9.17, 15) is 18.3 Å². The fourth-order valence-corrected chi connectivity index (χ4v) is 6.46. The highest BCUT2D eigenvalue weighted by Gasteiger charge is 2.52. The molecule has 6 nitrogen and oxygen atoms in total. The number of rotatable bonds is 5. The SMILES string of the molecule is COc1cccc([C@]2(O)CCC[C@@H]3CN(S(=O)(=O)c4ccc(C(C)=O)cc4)C[C@H]32)c1. The average molecular weight is 430 g/mol. The van der Waals surface area contributed by atoms with Crippen LogP contribution in [0.4, 0.5) is 0 Å². The summed E-state index contributed by atoms with van der Waals surface area (Å²) in [6.07, 6.45) is 2.34. The molecular formula is C23H27NO5S. The summed E-state index contributed by atoms with van der Waals surface area (Å²) in [5.41, 5.74) is 0.179. The van der Waals surface area contributed by atoms with Crippen LogP contribution in [0.5, 0.6) is 5.75 Å². The number of ketones is 1. The van der Waals surface area contributed by atoms with Crippen LogP contribution in [0.3, 0.4) is 0 Å². The van der Waals surface area contributed by atoms with Gasteiger partial charge in [-0.15, -0.1) is 0 Å². The number of carbonyl (C=O) groups is 1. The number of nitrogens with zero attached hydrogens (tertiary/aromatic N) is 1. The van der Waals surface area contributed by atoms with E-state index in [1.165, 1.54) is 23.4 Å². The zero-order chi connectivity index (χ0) is 21.5. The van der Waals surface area contributed by atoms with Crippen LogP contribution in [0.1, 0.15) is 42.1 Å². The van der Waals surface area contributed by atoms with Gasteiger partial charge >= 0.3 is 0 Å². The lowest BCUT2D eigenvalue weighted by Gasteiger charge is -2.41. The Morgan fingerprint density at radius 3 is 2.57 bits per heavy atom. The lowest BCUT2D eigenvalue weighted by atomic mass is 9.67. The summed E-state index contributed by atoms with van der Waals surface area (Å²) >= 11 is 0. The number of ether oxygens (including phenoxy) is 1. The molecule has 160 valence electrons. The number of fused-ring (bicyclic) bond motifs is 1. The number of Topliss-reactive ketones (excluding diaryl/α,β-unsaturated/α-hetero) is 1. The van der Waals surface area contributed by atoms with Crippen molar-refractivity contribution in [2.75, 3.05) is 20.2 Å². The van der Waals surface area contributed by atoms with Gasteiger partial charge in [-0.3, -0.25) is 4.79 Å². The summed E-state index contributed by atoms with van der Waals surface area (Å²) in [6, 6.07) is 13.5. The molecule has 2 aromatic carbocycles. The number of sulfonamides is 1. The molecule has 2 fully saturated rings. The lowest BCUT2D eigenvalue weighted by molar-refractivity contribution is -0.0641. The zero-order valence-electron chi connectivity index (χ0n) is 17.2. The summed E-state index contributed by atoms with van der Waals surface area (Å²) < 4.78 is 33.3. The van der Waals surface area contributed by atoms with E-state index in [2.05, 4.69) is 0 Å². The summed E-state index contributed by atoms with van der Waals surface area (Å²) in [6.45, 7) is 2.12. The van der Waals surface area contributed by atoms with Crippen molar-refractivity contribution in [1.82, 2.24) is 4.31 Å². The second kappa shape index (κ2) is 7.80. The first kappa shape index (κ1) is 21.0. The molecule has 2 aromatic rings. The number of hydrogen-bond acceptors (Lipinski definition) is 5. The third-order valence-electron chi connectivity index (χ3n) is 6.62. The maximum atomic E-state index is 13.2. The topological polar surface area (TPSA) is 83.9 Å². The molecule has 7 heteroatoms. The molecule has 30 heavy (non-hydrogen) atoms. The van der Waals surface area contributed by atoms with E-state index >= 15 is 0 Å². The third-order valence-corrected chi connectivity index (χ3v) is 8.47. The second-order valence-corrected chi connectivity index (χ2v) is 10.3. The molecule has 0 amide bonds. The Balaban J connectivity index is 1.63. The highest BCUT2D eigenvalue weighted by Crippen LogP contribution is 2.49. The van der Waals surface area contributed by atoms with Crippen LogP contribution in [0, 0.1) is 11.8 Å². The summed E-state index contributed by atoms with van der Waals surface area (Å²) in [5, 5.41) is 11.7. The van der Waals surface area contributed by atoms with Crippen molar-refractivity contribution >= 4 is 15.8 Å². The number of benzene rings is 2. The highest BCUT2D eigenvalue weighted by molar-refractivity contribution is 7.89. The number of hydrogen-bond donors (Lipinski definition) is 1. The minimum Gasteiger partial charge on any atom is -0.497 e. The van der Waals surface area contributed by atoms with Crippen molar-refractivity contribution in [3.8, 4) is 5.75 Å². The van der Waals surface area contributed by atoms with Gasteiger partial charge in [0.2, 0.25) is 10.0 Å². The van der Waals surface area contributed by atoms with Crippen LogP contribution in [0.2, 0.25) is 0 Å². The van der Waals surface area contributed by atoms with E-state index < -0.39 is 15.6 Å². The van der Waals surface area contributed by atoms with Gasteiger partial charge < -0.3 is 9.84 Å². The van der Waals surface area contributed by atoms with Crippen molar-refractivity contribution in [2.45, 2.75) is 36.7 Å². The van der Waals surface area contributed by atoms with Crippen LogP contribution < -0.4 is 4.74 Å². The van der Waals surface area contributed by atoms with E-state index in [1.54, 1.807) is 19.2 Å². The van der Waals surface area contributed by atoms with Gasteiger partial charge in [-0.25, -0.2) is 8.42 Å². The third kappa shape index (κ3) is 3.55. The van der Waals surface area contributed by atoms with Crippen molar-refractivity contribution in [3.63, 3.8) is 0 Å². The minimum absolute atomic E-state index is 0.0984. The molecule has 3 atom stereocenters. The molecule has 0 spiro atoms. The zero-order valence-corrected chi connectivity index (χ0v) is 18.1. The quantitative estimate of drug-likeness (QED) is 0.738. The van der Waals surface area contributed by atoms with Crippen LogP contribution in [-0.2, 0) is 15.6 Å². The van der Waals surface area contributed by atoms with Gasteiger partial charge in [-0.05, 0) is 61.9 Å². The van der Waals surface area contributed by atoms with E-state index in [4.69, 9.17) is 4.74 Å². The number of aliphatic hydroxyl groups is 1. The van der Waals surface area contributed by atoms with Gasteiger partial charge in [0.15, 0.2) is 5.78 Å². The molecule has 0 unspecified atom stereocenters. The molecule has 4 rings (SSSR count). The molecule has 1 saturated heterocycles. The van der Waals surface area contributed by atoms with Crippen LogP contribution in [-0.4, -0.2) is 43.8 Å². The first-order chi connectivity index (χ1) is 14.3. The van der Waals surface area contributed by atoms with E-state index in [-0.39, 0.29) is 29.1 Å². The molecule has 1 aliphatic carbocycles. The van der Waals surface area contributed by atoms with Gasteiger partial charge in [0.05, 0.1) is 17.6 Å². The molecular weight excluding hydrogens is 402 g/mol. The second-order valence-electron chi connectivity index (χ2n) is 8.32. The van der Waals surface area contributed by atoms with Gasteiger partial charge in [-0.2, -0.15) is 4.31 Å². The van der Waals surface area contributed by atoms with Gasteiger partial charge in [0, 0.05) is 24.6 Å². The summed E-state index contributed by atoms with van der Waals surface area (Å²) in [7, 11) is -2.11. The first-order valence-electron chi connectivity index (χ1n) is 10.2. The van der Waals surface area contributed by atoms with Gasteiger partial charge in [0.1, 0.15) is 5.75 Å². The van der Waals surface area contributed by atoms with Crippen molar-refractivity contribution < 1.29 is 23.1 Å². The molecule has 1 heterocycles. The predicted octanol–water partition coefficient (Wildman–Crippen LogP) is 3.21. The Labute approximate surface area is 177 Å². The highest BCUT2D eigenvalue weighted by atomic mass is 32.2. The molecule has 0 bridgehead atoms. The molecule has 2 aliphatic rings. The Morgan fingerprint density at radius 2 is 1.90 bits per heavy atom. The Kier molecular flexibility index (Phi) is 5.46. The molecule has 1 saturated carbocycles. The van der Waals surface area contributed by atoms with Crippen LogP contribution in [0.15, 0.2) is 53.4 Å². The van der Waals surface area contributed by atoms with E-state index in [0.29, 0.717) is 24.3 Å². The molecule has 0 aromatic heterocycles. The van der Waals surface area contributed by atoms with Gasteiger partial charge in [-0.1, -0.05) is 24.3 Å². The monoisotopic (exact) mass is 429 g/mol. The largest absolute Gasteiger partial charge is 0.497 e. The fourth-order valence-electron chi connectivity index (χ4n) is 4.94. The minimum atomic E-state index is -3.70. The molecule has 0 radical (unpaired) electrons. The average Bonchev–Trinajstić information content (AvgIpc) is 3.21. The molecule has 1 N–H and O–H groups in total. The van der Waals surface area contributed by atoms with E-state index in [1.807, 2.05) is 24.3 Å². The van der Waals surface area contributed by atoms with E-state index in [0.717, 1.165) is 18.4 Å². The van der Waals surface area contributed by atoms with Crippen molar-refractivity contribution in [3.05, 3.63) is 59.7 Å². The van der Waals surface area contributed by atoms with Crippen LogP contribution >= 0.6 is 0 Å². The smallest absolute Gasteiger partial charge is 0.243 e. The lowest BCUT2D eigenvalue weighted by Crippen LogP contribution is -2.43. The Bertz CT molecular complexity index is 1050. The summed E-state index contributed by atoms with van der Waals surface area (Å²) in [4.78, 5) is 11.7. The Morgan fingerprint density at radius 1 is 1.17 bits per heavy atom. The predicted molar refractivity (Wildman–Crippen MR) is 113 cm³/mol.